The second kappa shape index (κ2) is 11.2. The summed E-state index contributed by atoms with van der Waals surface area (Å²) in [5.41, 5.74) is 7.30. The zero-order valence-corrected chi connectivity index (χ0v) is 24.4. The highest BCUT2D eigenvalue weighted by atomic mass is 16.7. The Kier molecular flexibility index (Phi) is 7.25. The van der Waals surface area contributed by atoms with Crippen LogP contribution in [0, 0.1) is 0 Å². The molecule has 0 atom stereocenters. The number of aryl methyl sites for hydroxylation is 1. The van der Waals surface area contributed by atoms with Crippen molar-refractivity contribution in [3.63, 3.8) is 0 Å². The molecule has 212 valence electrons. The number of hydrogen-bond donors (Lipinski definition) is 0. The molecule has 7 heteroatoms. The molecule has 0 radical (unpaired) electrons. The van der Waals surface area contributed by atoms with E-state index in [1.165, 1.54) is 0 Å². The summed E-state index contributed by atoms with van der Waals surface area (Å²) in [6.45, 7) is 8.31. The number of nitrogens with zero attached hydrogens (tertiary/aromatic N) is 4. The number of rotatable bonds is 7. The number of carbonyl (C=O) groups excluding carboxylic acids is 1. The van der Waals surface area contributed by atoms with E-state index >= 15 is 0 Å². The molecule has 0 saturated carbocycles. The van der Waals surface area contributed by atoms with E-state index in [0.29, 0.717) is 12.3 Å². The van der Waals surface area contributed by atoms with Crippen molar-refractivity contribution in [1.82, 2.24) is 18.9 Å². The molecule has 0 amide bonds. The molecule has 0 unspecified atom stereocenters. The third-order valence-electron chi connectivity index (χ3n) is 7.04. The van der Waals surface area contributed by atoms with Crippen LogP contribution in [-0.2, 0) is 17.7 Å². The lowest BCUT2D eigenvalue weighted by Crippen LogP contribution is -2.26. The van der Waals surface area contributed by atoms with Gasteiger partial charge in [-0.2, -0.15) is 0 Å². The summed E-state index contributed by atoms with van der Waals surface area (Å²) >= 11 is 0. The van der Waals surface area contributed by atoms with Gasteiger partial charge in [0.1, 0.15) is 22.8 Å². The maximum Gasteiger partial charge on any atom is 0.514 e. The van der Waals surface area contributed by atoms with Crippen LogP contribution >= 0.6 is 0 Å². The first-order chi connectivity index (χ1) is 20.3. The molecule has 0 bridgehead atoms. The van der Waals surface area contributed by atoms with Crippen LogP contribution in [0.3, 0.4) is 0 Å². The third kappa shape index (κ3) is 5.77. The van der Waals surface area contributed by atoms with Gasteiger partial charge in [-0.1, -0.05) is 61.5 Å². The Morgan fingerprint density at radius 1 is 0.881 bits per heavy atom. The van der Waals surface area contributed by atoms with Crippen molar-refractivity contribution in [2.75, 3.05) is 0 Å². The molecular weight excluding hydrogens is 524 g/mol. The highest BCUT2D eigenvalue weighted by molar-refractivity contribution is 5.82. The SMILES string of the molecule is CCCc1nc2ccc(-c3cn4ccccc4n3)cc2n1Cc1ccc(-c2ccccc2OC(=O)OC(C)(C)C)cc1. The van der Waals surface area contributed by atoms with Crippen LogP contribution < -0.4 is 4.74 Å². The minimum atomic E-state index is -0.718. The maximum absolute atomic E-state index is 12.3. The van der Waals surface area contributed by atoms with Gasteiger partial charge in [0.05, 0.1) is 16.7 Å². The number of aromatic nitrogens is 4. The maximum atomic E-state index is 12.3. The van der Waals surface area contributed by atoms with Gasteiger partial charge in [-0.3, -0.25) is 0 Å². The second-order valence-corrected chi connectivity index (χ2v) is 11.4. The quantitative estimate of drug-likeness (QED) is 0.145. The number of benzene rings is 3. The van der Waals surface area contributed by atoms with E-state index in [9.17, 15) is 4.79 Å². The Morgan fingerprint density at radius 3 is 2.40 bits per heavy atom. The molecular formula is C35H34N4O3. The molecule has 6 rings (SSSR count). The van der Waals surface area contributed by atoms with Crippen LogP contribution in [0.2, 0.25) is 0 Å². The van der Waals surface area contributed by atoms with Gasteiger partial charge in [-0.15, -0.1) is 0 Å². The predicted octanol–water partition coefficient (Wildman–Crippen LogP) is 8.33. The monoisotopic (exact) mass is 558 g/mol. The van der Waals surface area contributed by atoms with E-state index in [0.717, 1.165) is 63.3 Å². The Hall–Kier alpha value is -4.91. The molecule has 0 fully saturated rings. The van der Waals surface area contributed by atoms with Gasteiger partial charge in [-0.05, 0) is 68.7 Å². The lowest BCUT2D eigenvalue weighted by molar-refractivity contribution is 0.0207. The molecule has 6 aromatic rings. The largest absolute Gasteiger partial charge is 0.514 e. The molecule has 7 nitrogen and oxygen atoms in total. The molecule has 42 heavy (non-hydrogen) atoms. The standard InChI is InChI=1S/C35H34N4O3/c1-5-10-33-36-28-19-18-26(29-23-38-20-9-8-13-32(38)37-29)21-30(28)39(33)22-24-14-16-25(17-15-24)27-11-6-7-12-31(27)41-34(40)42-35(2,3)4/h6-9,11-21,23H,5,10,22H2,1-4H3. The second-order valence-electron chi connectivity index (χ2n) is 11.4. The van der Waals surface area contributed by atoms with Crippen molar-refractivity contribution in [3.8, 4) is 28.1 Å². The zero-order valence-electron chi connectivity index (χ0n) is 24.4. The highest BCUT2D eigenvalue weighted by Crippen LogP contribution is 2.31. The average molecular weight is 559 g/mol. The topological polar surface area (TPSA) is 70.7 Å². The number of ether oxygens (including phenoxy) is 2. The van der Waals surface area contributed by atoms with Gasteiger partial charge in [0.15, 0.2) is 0 Å². The summed E-state index contributed by atoms with van der Waals surface area (Å²) in [4.78, 5) is 22.1. The number of pyridine rings is 1. The predicted molar refractivity (Wildman–Crippen MR) is 166 cm³/mol. The van der Waals surface area contributed by atoms with E-state index in [1.807, 2.05) is 67.8 Å². The van der Waals surface area contributed by atoms with E-state index in [1.54, 1.807) is 6.07 Å². The number of imidazole rings is 2. The van der Waals surface area contributed by atoms with Crippen LogP contribution in [0.15, 0.2) is 97.3 Å². The van der Waals surface area contributed by atoms with E-state index < -0.39 is 11.8 Å². The first-order valence-corrected chi connectivity index (χ1v) is 14.3. The van der Waals surface area contributed by atoms with Crippen LogP contribution in [-0.4, -0.2) is 30.7 Å². The average Bonchev–Trinajstić information content (AvgIpc) is 3.54. The molecule has 0 spiro atoms. The van der Waals surface area contributed by atoms with Gasteiger partial charge in [0.25, 0.3) is 0 Å². The van der Waals surface area contributed by atoms with Crippen molar-refractivity contribution < 1.29 is 14.3 Å². The van der Waals surface area contributed by atoms with E-state index in [4.69, 9.17) is 19.4 Å². The molecule has 0 aliphatic carbocycles. The first-order valence-electron chi connectivity index (χ1n) is 14.3. The molecule has 3 aromatic heterocycles. The Bertz CT molecular complexity index is 1840. The van der Waals surface area contributed by atoms with Crippen LogP contribution in [0.25, 0.3) is 39.1 Å². The number of carbonyl (C=O) groups is 1. The minimum absolute atomic E-state index is 0.463. The molecule has 3 aromatic carbocycles. The van der Waals surface area contributed by atoms with E-state index in [2.05, 4.69) is 60.2 Å². The fourth-order valence-electron chi connectivity index (χ4n) is 5.12. The normalized spacial score (nSPS) is 11.7. The third-order valence-corrected chi connectivity index (χ3v) is 7.04. The molecule has 0 aliphatic heterocycles. The molecule has 0 aliphatic rings. The van der Waals surface area contributed by atoms with Crippen LogP contribution in [0.4, 0.5) is 4.79 Å². The molecule has 0 N–H and O–H groups in total. The Balaban J connectivity index is 1.30. The zero-order chi connectivity index (χ0) is 29.3. The van der Waals surface area contributed by atoms with Crippen molar-refractivity contribution in [2.24, 2.45) is 0 Å². The van der Waals surface area contributed by atoms with Crippen molar-refractivity contribution in [3.05, 3.63) is 109 Å². The van der Waals surface area contributed by atoms with Crippen molar-refractivity contribution in [2.45, 2.75) is 52.7 Å². The van der Waals surface area contributed by atoms with Crippen LogP contribution in [0.5, 0.6) is 5.75 Å². The van der Waals surface area contributed by atoms with Crippen LogP contribution in [0.1, 0.15) is 45.5 Å². The fourth-order valence-corrected chi connectivity index (χ4v) is 5.12. The fraction of sp³-hybridized carbons (Fsp3) is 0.229. The Labute approximate surface area is 245 Å². The minimum Gasteiger partial charge on any atom is -0.428 e. The van der Waals surface area contributed by atoms with Crippen molar-refractivity contribution in [1.29, 1.82) is 0 Å². The smallest absolute Gasteiger partial charge is 0.428 e. The Morgan fingerprint density at radius 2 is 1.64 bits per heavy atom. The first kappa shape index (κ1) is 27.3. The highest BCUT2D eigenvalue weighted by Gasteiger charge is 2.20. The molecule has 3 heterocycles. The van der Waals surface area contributed by atoms with Gasteiger partial charge in [0.2, 0.25) is 0 Å². The number of hydrogen-bond acceptors (Lipinski definition) is 5. The summed E-state index contributed by atoms with van der Waals surface area (Å²) in [7, 11) is 0. The summed E-state index contributed by atoms with van der Waals surface area (Å²) in [5, 5.41) is 0. The van der Waals surface area contributed by atoms with Gasteiger partial charge < -0.3 is 18.4 Å². The lowest BCUT2D eigenvalue weighted by Gasteiger charge is -2.19. The van der Waals surface area contributed by atoms with Gasteiger partial charge >= 0.3 is 6.16 Å². The van der Waals surface area contributed by atoms with Gasteiger partial charge in [-0.25, -0.2) is 14.8 Å². The van der Waals surface area contributed by atoms with Gasteiger partial charge in [0, 0.05) is 36.5 Å². The summed E-state index contributed by atoms with van der Waals surface area (Å²) in [6.07, 6.45) is 5.26. The summed E-state index contributed by atoms with van der Waals surface area (Å²) < 4.78 is 15.3. The van der Waals surface area contributed by atoms with E-state index in [-0.39, 0.29) is 0 Å². The number of para-hydroxylation sites is 1. The number of fused-ring (bicyclic) bond motifs is 2. The summed E-state index contributed by atoms with van der Waals surface area (Å²) in [5.74, 6) is 1.53. The van der Waals surface area contributed by atoms with Crippen molar-refractivity contribution >= 4 is 22.8 Å². The molecule has 0 saturated heterocycles. The lowest BCUT2D eigenvalue weighted by atomic mass is 10.0. The summed E-state index contributed by atoms with van der Waals surface area (Å²) in [6, 6.07) is 28.3.